The predicted octanol–water partition coefficient (Wildman–Crippen LogP) is 3.71. The topological polar surface area (TPSA) is 89.4 Å². The van der Waals surface area contributed by atoms with E-state index < -0.39 is 0 Å². The highest BCUT2D eigenvalue weighted by Crippen LogP contribution is 2.30. The number of allylic oxidation sites excluding steroid dienone is 4. The summed E-state index contributed by atoms with van der Waals surface area (Å²) >= 11 is 0. The van der Waals surface area contributed by atoms with Crippen molar-refractivity contribution in [2.45, 2.75) is 47.1 Å². The molecule has 33 heavy (non-hydrogen) atoms. The molecule has 7 nitrogen and oxygen atoms in total. The summed E-state index contributed by atoms with van der Waals surface area (Å²) in [5.74, 6) is 0.690. The normalized spacial score (nSPS) is 15.9. The van der Waals surface area contributed by atoms with Crippen LogP contribution in [0.1, 0.15) is 56.8 Å². The smallest absolute Gasteiger partial charge is 0.253 e. The Morgan fingerprint density at radius 2 is 2.03 bits per heavy atom. The first kappa shape index (κ1) is 24.2. The Kier molecular flexibility index (Phi) is 7.63. The van der Waals surface area contributed by atoms with Gasteiger partial charge in [0.05, 0.1) is 0 Å². The van der Waals surface area contributed by atoms with Gasteiger partial charge in [0.15, 0.2) is 0 Å². The number of aliphatic imine (C=N–C) groups is 1. The summed E-state index contributed by atoms with van der Waals surface area (Å²) in [5, 5.41) is 0. The van der Waals surface area contributed by atoms with Gasteiger partial charge in [-0.1, -0.05) is 13.0 Å². The molecule has 2 aromatic rings. The number of hydrogen-bond donors (Lipinski definition) is 1. The highest BCUT2D eigenvalue weighted by molar-refractivity contribution is 6.22. The van der Waals surface area contributed by atoms with Gasteiger partial charge in [-0.2, -0.15) is 0 Å². The third kappa shape index (κ3) is 4.97. The minimum Gasteiger partial charge on any atom is -0.404 e. The fraction of sp³-hybridized carbons (Fsp3) is 0.385. The summed E-state index contributed by atoms with van der Waals surface area (Å²) in [4.78, 5) is 28.0. The zero-order chi connectivity index (χ0) is 24.1. The van der Waals surface area contributed by atoms with Gasteiger partial charge in [-0.25, -0.2) is 4.98 Å². The molecule has 0 atom stereocenters. The molecule has 0 aliphatic carbocycles. The molecule has 3 heterocycles. The van der Waals surface area contributed by atoms with Crippen molar-refractivity contribution in [3.8, 4) is 0 Å². The fourth-order valence-electron chi connectivity index (χ4n) is 4.22. The number of pyridine rings is 1. The zero-order valence-corrected chi connectivity index (χ0v) is 20.5. The van der Waals surface area contributed by atoms with Gasteiger partial charge in [0.2, 0.25) is 0 Å². The highest BCUT2D eigenvalue weighted by Gasteiger charge is 2.22. The van der Waals surface area contributed by atoms with Gasteiger partial charge in [-0.05, 0) is 50.0 Å². The average molecular weight is 447 g/mol. The number of hydrogen-bond acceptors (Lipinski definition) is 6. The van der Waals surface area contributed by atoms with E-state index in [1.54, 1.807) is 31.1 Å². The lowest BCUT2D eigenvalue weighted by Crippen LogP contribution is -2.31. The van der Waals surface area contributed by atoms with Crippen LogP contribution in [0, 0.1) is 0 Å². The first-order chi connectivity index (χ1) is 15.8. The number of fused-ring (bicyclic) bond motifs is 1. The Balaban J connectivity index is 1.99. The van der Waals surface area contributed by atoms with E-state index in [0.29, 0.717) is 5.82 Å². The number of nitrogens with two attached hydrogens (primary N) is 1. The van der Waals surface area contributed by atoms with E-state index in [4.69, 9.17) is 10.7 Å². The van der Waals surface area contributed by atoms with E-state index in [0.717, 1.165) is 59.6 Å². The SMILES string of the molecule is CC/C=C(/C(C)=C(/C)c1nccc(=O)n1C)N1CCc2ncc(/C(=C/N)C(C)=NC)cc2C1. The molecular formula is C26H34N6O. The maximum atomic E-state index is 12.1. The Labute approximate surface area is 196 Å². The van der Waals surface area contributed by atoms with Crippen LogP contribution in [0.25, 0.3) is 11.1 Å². The molecule has 2 aromatic heterocycles. The molecule has 0 saturated heterocycles. The average Bonchev–Trinajstić information content (AvgIpc) is 2.83. The van der Waals surface area contributed by atoms with Gasteiger partial charge in [-0.15, -0.1) is 0 Å². The lowest BCUT2D eigenvalue weighted by Gasteiger charge is -2.33. The highest BCUT2D eigenvalue weighted by atomic mass is 16.1. The Morgan fingerprint density at radius 1 is 1.27 bits per heavy atom. The molecule has 0 radical (unpaired) electrons. The van der Waals surface area contributed by atoms with Crippen molar-refractivity contribution in [3.05, 3.63) is 81.1 Å². The third-order valence-electron chi connectivity index (χ3n) is 6.32. The second-order valence-corrected chi connectivity index (χ2v) is 8.30. The van der Waals surface area contributed by atoms with Crippen LogP contribution in [0.3, 0.4) is 0 Å². The van der Waals surface area contributed by atoms with E-state index in [-0.39, 0.29) is 5.56 Å². The number of nitrogens with zero attached hydrogens (tertiary/aromatic N) is 5. The van der Waals surface area contributed by atoms with E-state index in [2.05, 4.69) is 40.9 Å². The van der Waals surface area contributed by atoms with Crippen molar-refractivity contribution < 1.29 is 0 Å². The Bertz CT molecular complexity index is 1220. The van der Waals surface area contributed by atoms with Crippen molar-refractivity contribution >= 4 is 16.9 Å². The van der Waals surface area contributed by atoms with E-state index in [1.807, 2.05) is 20.0 Å². The number of aromatic nitrogens is 3. The molecule has 0 saturated carbocycles. The summed E-state index contributed by atoms with van der Waals surface area (Å²) in [6, 6.07) is 3.66. The van der Waals surface area contributed by atoms with Crippen LogP contribution in [-0.4, -0.2) is 38.7 Å². The second kappa shape index (κ2) is 10.4. The summed E-state index contributed by atoms with van der Waals surface area (Å²) in [5.41, 5.74) is 14.2. The van der Waals surface area contributed by atoms with Crippen molar-refractivity contribution in [1.82, 2.24) is 19.4 Å². The maximum Gasteiger partial charge on any atom is 0.253 e. The van der Waals surface area contributed by atoms with Gasteiger partial charge in [-0.3, -0.25) is 19.3 Å². The summed E-state index contributed by atoms with van der Waals surface area (Å²) in [6.45, 7) is 9.87. The molecule has 0 fully saturated rings. The summed E-state index contributed by atoms with van der Waals surface area (Å²) < 4.78 is 1.60. The minimum atomic E-state index is -0.0617. The molecule has 0 bridgehead atoms. The molecule has 7 heteroatoms. The molecule has 0 amide bonds. The molecule has 3 rings (SSSR count). The van der Waals surface area contributed by atoms with E-state index in [9.17, 15) is 4.79 Å². The standard InChI is InChI=1S/C26H34N6O/c1-7-8-24(17(2)18(3)26-29-11-9-25(33)31(26)6)32-12-10-23-21(16-32)13-20(15-30-23)22(14-27)19(4)28-5/h8-9,11,13-15H,7,10,12,16,27H2,1-6H3/b18-17-,22-14+,24-8-,28-19?. The van der Waals surface area contributed by atoms with Crippen LogP contribution in [0.15, 0.2) is 57.9 Å². The zero-order valence-electron chi connectivity index (χ0n) is 20.5. The van der Waals surface area contributed by atoms with Gasteiger partial charge in [0.25, 0.3) is 5.56 Å². The first-order valence-electron chi connectivity index (χ1n) is 11.3. The predicted molar refractivity (Wildman–Crippen MR) is 136 cm³/mol. The van der Waals surface area contributed by atoms with Crippen LogP contribution in [-0.2, 0) is 20.0 Å². The Morgan fingerprint density at radius 3 is 2.70 bits per heavy atom. The molecule has 0 aromatic carbocycles. The lowest BCUT2D eigenvalue weighted by atomic mass is 9.97. The number of rotatable bonds is 6. The molecule has 2 N–H and O–H groups in total. The van der Waals surface area contributed by atoms with E-state index >= 15 is 0 Å². The second-order valence-electron chi connectivity index (χ2n) is 8.30. The molecule has 1 aliphatic heterocycles. The van der Waals surface area contributed by atoms with Crippen LogP contribution in [0.4, 0.5) is 0 Å². The molecule has 174 valence electrons. The van der Waals surface area contributed by atoms with Gasteiger partial charge < -0.3 is 10.6 Å². The van der Waals surface area contributed by atoms with Gasteiger partial charge in [0, 0.05) is 86.5 Å². The van der Waals surface area contributed by atoms with Crippen LogP contribution in [0.2, 0.25) is 0 Å². The van der Waals surface area contributed by atoms with Crippen molar-refractivity contribution in [2.24, 2.45) is 17.8 Å². The van der Waals surface area contributed by atoms with Gasteiger partial charge >= 0.3 is 0 Å². The van der Waals surface area contributed by atoms with Crippen molar-refractivity contribution in [1.29, 1.82) is 0 Å². The first-order valence-corrected chi connectivity index (χ1v) is 11.3. The molecular weight excluding hydrogens is 412 g/mol. The monoisotopic (exact) mass is 446 g/mol. The van der Waals surface area contributed by atoms with E-state index in [1.165, 1.54) is 17.3 Å². The van der Waals surface area contributed by atoms with Gasteiger partial charge in [0.1, 0.15) is 5.82 Å². The summed E-state index contributed by atoms with van der Waals surface area (Å²) in [6.07, 6.45) is 9.10. The van der Waals surface area contributed by atoms with Crippen LogP contribution >= 0.6 is 0 Å². The lowest BCUT2D eigenvalue weighted by molar-refractivity contribution is 0.324. The fourth-order valence-corrected chi connectivity index (χ4v) is 4.22. The molecule has 1 aliphatic rings. The third-order valence-corrected chi connectivity index (χ3v) is 6.32. The van der Waals surface area contributed by atoms with Crippen molar-refractivity contribution in [3.63, 3.8) is 0 Å². The maximum absolute atomic E-state index is 12.1. The molecule has 0 spiro atoms. The summed E-state index contributed by atoms with van der Waals surface area (Å²) in [7, 11) is 3.53. The van der Waals surface area contributed by atoms with Crippen LogP contribution < -0.4 is 11.3 Å². The quantitative estimate of drug-likeness (QED) is 0.540. The van der Waals surface area contributed by atoms with Crippen LogP contribution in [0.5, 0.6) is 0 Å². The van der Waals surface area contributed by atoms with Crippen molar-refractivity contribution in [2.75, 3.05) is 13.6 Å². The largest absolute Gasteiger partial charge is 0.404 e. The molecule has 0 unspecified atom stereocenters. The Hall–Kier alpha value is -3.48. The minimum absolute atomic E-state index is 0.0617.